The van der Waals surface area contributed by atoms with Crippen LogP contribution in [0.15, 0.2) is 0 Å². The Morgan fingerprint density at radius 3 is 0.676 bits per heavy atom. The van der Waals surface area contributed by atoms with Gasteiger partial charge in [0, 0.05) is 0 Å². The molecule has 34 heavy (non-hydrogen) atoms. The van der Waals surface area contributed by atoms with Crippen molar-refractivity contribution in [1.82, 2.24) is 0 Å². The van der Waals surface area contributed by atoms with Crippen molar-refractivity contribution in [3.63, 3.8) is 0 Å². The fraction of sp³-hybridized carbons (Fsp3) is 0.846. The number of rotatable bonds is 4. The Morgan fingerprint density at radius 2 is 0.559 bits per heavy atom. The van der Waals surface area contributed by atoms with E-state index in [4.69, 9.17) is 18.9 Å². The topological polar surface area (TPSA) is 105 Å². The molecule has 1 fully saturated rings. The van der Waals surface area contributed by atoms with Gasteiger partial charge >= 0.3 is 23.9 Å². The predicted octanol–water partition coefficient (Wildman–Crippen LogP) is 4.61. The molecule has 0 saturated heterocycles. The lowest BCUT2D eigenvalue weighted by Gasteiger charge is -2.40. The van der Waals surface area contributed by atoms with Gasteiger partial charge in [-0.25, -0.2) is 0 Å². The summed E-state index contributed by atoms with van der Waals surface area (Å²) in [4.78, 5) is 52.6. The van der Waals surface area contributed by atoms with Crippen molar-refractivity contribution in [2.45, 2.75) is 118 Å². The van der Waals surface area contributed by atoms with Crippen LogP contribution in [0.2, 0.25) is 0 Å². The van der Waals surface area contributed by atoms with Crippen molar-refractivity contribution in [1.29, 1.82) is 0 Å². The molecule has 8 nitrogen and oxygen atoms in total. The van der Waals surface area contributed by atoms with Gasteiger partial charge in [0.25, 0.3) is 0 Å². The molecule has 1 rings (SSSR count). The van der Waals surface area contributed by atoms with E-state index in [1.807, 2.05) is 0 Å². The lowest BCUT2D eigenvalue weighted by molar-refractivity contribution is -0.188. The number of hydrogen-bond acceptors (Lipinski definition) is 8. The minimum Gasteiger partial charge on any atom is -0.460 e. The summed E-state index contributed by atoms with van der Waals surface area (Å²) in [5.41, 5.74) is -3.17. The lowest BCUT2D eigenvalue weighted by Crippen LogP contribution is -2.49. The smallest absolute Gasteiger partial charge is 0.310 e. The zero-order valence-corrected chi connectivity index (χ0v) is 23.0. The van der Waals surface area contributed by atoms with Gasteiger partial charge in [0.05, 0.1) is 23.7 Å². The van der Waals surface area contributed by atoms with E-state index >= 15 is 0 Å². The molecule has 0 spiro atoms. The third kappa shape index (κ3) is 10.0. The molecule has 1 aliphatic rings. The Hall–Kier alpha value is -2.12. The second-order valence-electron chi connectivity index (χ2n) is 13.0. The summed E-state index contributed by atoms with van der Waals surface area (Å²) in [6.45, 7) is 20.7. The van der Waals surface area contributed by atoms with E-state index in [1.54, 1.807) is 83.1 Å². The van der Waals surface area contributed by atoms with E-state index in [2.05, 4.69) is 0 Å². The maximum absolute atomic E-state index is 13.2. The van der Waals surface area contributed by atoms with Crippen LogP contribution in [-0.2, 0) is 38.1 Å². The van der Waals surface area contributed by atoms with Crippen LogP contribution in [0, 0.1) is 23.7 Å². The third-order valence-electron chi connectivity index (χ3n) is 4.83. The van der Waals surface area contributed by atoms with Crippen molar-refractivity contribution in [2.24, 2.45) is 23.7 Å². The van der Waals surface area contributed by atoms with Crippen LogP contribution < -0.4 is 0 Å². The second-order valence-corrected chi connectivity index (χ2v) is 13.0. The average molecular weight is 485 g/mol. The summed E-state index contributed by atoms with van der Waals surface area (Å²) in [5, 5.41) is 0. The third-order valence-corrected chi connectivity index (χ3v) is 4.83. The Bertz CT molecular complexity index is 641. The van der Waals surface area contributed by atoms with Crippen LogP contribution in [0.3, 0.4) is 0 Å². The molecule has 1 saturated carbocycles. The predicted molar refractivity (Wildman–Crippen MR) is 127 cm³/mol. The van der Waals surface area contributed by atoms with Gasteiger partial charge in [-0.1, -0.05) is 0 Å². The van der Waals surface area contributed by atoms with Crippen LogP contribution in [0.25, 0.3) is 0 Å². The molecule has 0 bridgehead atoms. The summed E-state index contributed by atoms with van der Waals surface area (Å²) in [6, 6.07) is 0. The van der Waals surface area contributed by atoms with Crippen LogP contribution in [-0.4, -0.2) is 46.3 Å². The van der Waals surface area contributed by atoms with E-state index in [0.29, 0.717) is 0 Å². The minimum atomic E-state index is -0.967. The molecular weight excluding hydrogens is 440 g/mol. The molecule has 4 atom stereocenters. The minimum absolute atomic E-state index is 0.0857. The van der Waals surface area contributed by atoms with Crippen LogP contribution in [0.5, 0.6) is 0 Å². The number of carbonyl (C=O) groups is 4. The molecule has 0 aromatic heterocycles. The maximum atomic E-state index is 13.2. The van der Waals surface area contributed by atoms with Gasteiger partial charge in [-0.15, -0.1) is 0 Å². The highest BCUT2D eigenvalue weighted by molar-refractivity contribution is 5.88. The second kappa shape index (κ2) is 10.2. The van der Waals surface area contributed by atoms with Gasteiger partial charge in [-0.2, -0.15) is 0 Å². The van der Waals surface area contributed by atoms with Crippen LogP contribution >= 0.6 is 0 Å². The van der Waals surface area contributed by atoms with Crippen molar-refractivity contribution in [3.05, 3.63) is 0 Å². The van der Waals surface area contributed by atoms with Gasteiger partial charge in [0.2, 0.25) is 0 Å². The fourth-order valence-electron chi connectivity index (χ4n) is 3.76. The summed E-state index contributed by atoms with van der Waals surface area (Å²) < 4.78 is 22.3. The van der Waals surface area contributed by atoms with Gasteiger partial charge in [0.1, 0.15) is 22.4 Å². The molecule has 0 aromatic carbocycles. The zero-order chi connectivity index (χ0) is 26.9. The van der Waals surface area contributed by atoms with Crippen LogP contribution in [0.4, 0.5) is 0 Å². The van der Waals surface area contributed by atoms with Gasteiger partial charge in [-0.05, 0) is 95.9 Å². The van der Waals surface area contributed by atoms with Gasteiger partial charge < -0.3 is 18.9 Å². The van der Waals surface area contributed by atoms with E-state index in [1.165, 1.54) is 0 Å². The quantitative estimate of drug-likeness (QED) is 0.421. The van der Waals surface area contributed by atoms with E-state index in [9.17, 15) is 19.2 Å². The molecule has 0 amide bonds. The normalized spacial score (nSPS) is 24.1. The van der Waals surface area contributed by atoms with E-state index in [0.717, 1.165) is 0 Å². The number of esters is 4. The molecule has 0 heterocycles. The fourth-order valence-corrected chi connectivity index (χ4v) is 3.76. The molecule has 4 unspecified atom stereocenters. The van der Waals surface area contributed by atoms with Crippen molar-refractivity contribution >= 4 is 23.9 Å². The summed E-state index contributed by atoms with van der Waals surface area (Å²) in [5.74, 6) is -6.32. The highest BCUT2D eigenvalue weighted by atomic mass is 16.6. The first-order valence-electron chi connectivity index (χ1n) is 11.9. The maximum Gasteiger partial charge on any atom is 0.310 e. The Labute approximate surface area is 204 Å². The summed E-state index contributed by atoms with van der Waals surface area (Å²) in [7, 11) is 0. The molecule has 0 N–H and O–H groups in total. The standard InChI is InChI=1S/C26H44O8/c1-23(2,3)31-19(27)15-13-17(21(29)33-25(7,8)9)18(22(30)34-26(10,11)12)14-16(15)20(28)32-24(4,5)6/h15-18H,13-14H2,1-12H3. The molecule has 196 valence electrons. The Kier molecular flexibility index (Phi) is 9.01. The number of ether oxygens (including phenoxy) is 4. The summed E-state index contributed by atoms with van der Waals surface area (Å²) >= 11 is 0. The first kappa shape index (κ1) is 29.9. The van der Waals surface area contributed by atoms with Crippen LogP contribution in [0.1, 0.15) is 95.9 Å². The van der Waals surface area contributed by atoms with E-state index < -0.39 is 70.0 Å². The Morgan fingerprint density at radius 1 is 0.412 bits per heavy atom. The van der Waals surface area contributed by atoms with E-state index in [-0.39, 0.29) is 12.8 Å². The summed E-state index contributed by atoms with van der Waals surface area (Å²) in [6.07, 6.45) is -0.171. The van der Waals surface area contributed by atoms with Gasteiger partial charge in [0.15, 0.2) is 0 Å². The Balaban J connectivity index is 3.46. The first-order valence-corrected chi connectivity index (χ1v) is 11.9. The van der Waals surface area contributed by atoms with Crippen molar-refractivity contribution < 1.29 is 38.1 Å². The monoisotopic (exact) mass is 484 g/mol. The molecule has 0 aromatic rings. The number of hydrogen-bond donors (Lipinski definition) is 0. The molecule has 0 aliphatic heterocycles. The lowest BCUT2D eigenvalue weighted by atomic mass is 9.67. The van der Waals surface area contributed by atoms with Crippen molar-refractivity contribution in [2.75, 3.05) is 0 Å². The molecular formula is C26H44O8. The highest BCUT2D eigenvalue weighted by Gasteiger charge is 2.52. The SMILES string of the molecule is CC(C)(C)OC(=O)C1CC(C(=O)OC(C)(C)C)C(C(=O)OC(C)(C)C)CC1C(=O)OC(C)(C)C. The van der Waals surface area contributed by atoms with Gasteiger partial charge in [-0.3, -0.25) is 19.2 Å². The molecule has 0 radical (unpaired) electrons. The largest absolute Gasteiger partial charge is 0.460 e. The number of carbonyl (C=O) groups excluding carboxylic acids is 4. The average Bonchev–Trinajstić information content (AvgIpc) is 2.54. The molecule has 8 heteroatoms. The zero-order valence-electron chi connectivity index (χ0n) is 23.0. The first-order chi connectivity index (χ1) is 15.0. The highest BCUT2D eigenvalue weighted by Crippen LogP contribution is 2.42. The molecule has 1 aliphatic carbocycles. The van der Waals surface area contributed by atoms with Crippen molar-refractivity contribution in [3.8, 4) is 0 Å².